The Labute approximate surface area is 266 Å². The number of fused-ring (bicyclic) bond motifs is 1. The van der Waals surface area contributed by atoms with Crippen molar-refractivity contribution in [2.24, 2.45) is 0 Å². The first-order valence-corrected chi connectivity index (χ1v) is 11.7. The Hall–Kier alpha value is -3.05. The van der Waals surface area contributed by atoms with Gasteiger partial charge in [0.2, 0.25) is 0 Å². The molecule has 0 fully saturated rings. The molecular weight excluding hydrogens is 532 g/mol. The van der Waals surface area contributed by atoms with E-state index >= 15 is 0 Å². The summed E-state index contributed by atoms with van der Waals surface area (Å²) in [6.07, 6.45) is 0. The van der Waals surface area contributed by atoms with Gasteiger partial charge in [-0.3, -0.25) is 4.79 Å². The van der Waals surface area contributed by atoms with Gasteiger partial charge in [-0.2, -0.15) is 10.5 Å². The zero-order valence-corrected chi connectivity index (χ0v) is 25.0. The first-order chi connectivity index (χ1) is 17.2. The summed E-state index contributed by atoms with van der Waals surface area (Å²) in [5, 5.41) is 30.7. The van der Waals surface area contributed by atoms with Gasteiger partial charge in [-0.15, -0.1) is 0 Å². The first-order valence-electron chi connectivity index (χ1n) is 10.4. The molecule has 0 bridgehead atoms. The third-order valence-corrected chi connectivity index (χ3v) is 6.01. The third-order valence-electron chi connectivity index (χ3n) is 5.09. The maximum atomic E-state index is 12.8. The molecule has 1 heterocycles. The van der Waals surface area contributed by atoms with Gasteiger partial charge < -0.3 is 28.4 Å². The topological polar surface area (TPSA) is 149 Å². The van der Waals surface area contributed by atoms with Crippen LogP contribution in [0.1, 0.15) is 35.3 Å². The minimum absolute atomic E-state index is 0. The van der Waals surface area contributed by atoms with E-state index in [0.717, 1.165) is 5.56 Å². The van der Waals surface area contributed by atoms with E-state index in [9.17, 15) is 15.3 Å². The Morgan fingerprint density at radius 3 is 2.49 bits per heavy atom. The Morgan fingerprint density at radius 2 is 1.81 bits per heavy atom. The van der Waals surface area contributed by atoms with Gasteiger partial charge >= 0.3 is 51.4 Å². The molecule has 1 aromatic heterocycles. The number of carbonyl (C=O) groups is 1. The van der Waals surface area contributed by atoms with Gasteiger partial charge in [0.1, 0.15) is 23.1 Å². The summed E-state index contributed by atoms with van der Waals surface area (Å²) < 4.78 is 6.62. The SMILES string of the molecule is CC(C)(C#N)c1cccc(C(=O)Nc2cccc(Oc3ccc4nc(N)sc4c3C#N)c2)c1.N#C[S-].[K+]. The van der Waals surface area contributed by atoms with Gasteiger partial charge in [-0.25, -0.2) is 10.2 Å². The molecule has 4 rings (SSSR count). The molecule has 8 nitrogen and oxygen atoms in total. The average molecular weight is 551 g/mol. The number of aromatic nitrogens is 1. The van der Waals surface area contributed by atoms with E-state index in [4.69, 9.17) is 15.7 Å². The summed E-state index contributed by atoms with van der Waals surface area (Å²) in [7, 11) is 0. The summed E-state index contributed by atoms with van der Waals surface area (Å²) >= 11 is 4.93. The quantitative estimate of drug-likeness (QED) is 0.219. The van der Waals surface area contributed by atoms with E-state index in [0.29, 0.717) is 43.7 Å². The number of nitrogen functional groups attached to an aromatic ring is 1. The summed E-state index contributed by atoms with van der Waals surface area (Å²) in [5.41, 5.74) is 7.81. The number of thiazole rings is 1. The smallest absolute Gasteiger partial charge is 0.696 e. The van der Waals surface area contributed by atoms with Crippen LogP contribution in [0.25, 0.3) is 10.2 Å². The Bertz CT molecular complexity index is 1560. The van der Waals surface area contributed by atoms with Crippen molar-refractivity contribution >= 4 is 50.9 Å². The van der Waals surface area contributed by atoms with Crippen molar-refractivity contribution in [1.29, 1.82) is 15.8 Å². The molecule has 37 heavy (non-hydrogen) atoms. The number of benzene rings is 3. The van der Waals surface area contributed by atoms with E-state index in [-0.39, 0.29) is 57.3 Å². The molecule has 0 saturated carbocycles. The molecule has 0 aliphatic heterocycles. The second-order valence-corrected chi connectivity index (χ2v) is 9.16. The fourth-order valence-electron chi connectivity index (χ4n) is 3.26. The number of nitrogens with two attached hydrogens (primary N) is 1. The monoisotopic (exact) mass is 550 g/mol. The summed E-state index contributed by atoms with van der Waals surface area (Å²) in [5.74, 6) is 0.533. The largest absolute Gasteiger partial charge is 1.00 e. The fraction of sp³-hybridized carbons (Fsp3) is 0.115. The molecular formula is C26H19KN6O2S2. The van der Waals surface area contributed by atoms with Crippen molar-refractivity contribution in [2.45, 2.75) is 19.3 Å². The van der Waals surface area contributed by atoms with Crippen LogP contribution in [0.15, 0.2) is 60.7 Å². The molecule has 0 unspecified atom stereocenters. The predicted octanol–water partition coefficient (Wildman–Crippen LogP) is 2.61. The van der Waals surface area contributed by atoms with Crippen molar-refractivity contribution in [1.82, 2.24) is 4.98 Å². The second-order valence-electron chi connectivity index (χ2n) is 7.94. The third kappa shape index (κ3) is 7.48. The van der Waals surface area contributed by atoms with Crippen molar-refractivity contribution in [3.8, 4) is 29.0 Å². The molecule has 3 N–H and O–H groups in total. The average Bonchev–Trinajstić information content (AvgIpc) is 3.25. The van der Waals surface area contributed by atoms with Gasteiger partial charge in [0.05, 0.1) is 21.7 Å². The molecule has 0 atom stereocenters. The van der Waals surface area contributed by atoms with Crippen LogP contribution in [-0.2, 0) is 18.0 Å². The number of thiocyanates is 1. The van der Waals surface area contributed by atoms with Crippen molar-refractivity contribution in [3.05, 3.63) is 77.4 Å². The van der Waals surface area contributed by atoms with Crippen LogP contribution in [0.5, 0.6) is 11.5 Å². The summed E-state index contributed by atoms with van der Waals surface area (Å²) in [4.78, 5) is 17.0. The predicted molar refractivity (Wildman–Crippen MR) is 141 cm³/mol. The summed E-state index contributed by atoms with van der Waals surface area (Å²) in [6, 6.07) is 21.7. The van der Waals surface area contributed by atoms with Crippen LogP contribution < -0.4 is 67.2 Å². The van der Waals surface area contributed by atoms with E-state index in [1.54, 1.807) is 68.4 Å². The molecule has 0 aliphatic carbocycles. The second kappa shape index (κ2) is 13.5. The molecule has 0 aliphatic rings. The Kier molecular flexibility index (Phi) is 11.0. The number of rotatable bonds is 5. The fourth-order valence-corrected chi connectivity index (χ4v) is 4.08. The standard InChI is InChI=1S/C25H19N5O2S.CHNS.K/c1-25(2,14-27)16-6-3-5-15(11-16)23(31)29-17-7-4-8-18(12-17)32-21-10-9-20-22(19(21)13-26)33-24(28)30-20;2-1-3;/h3-12H,1-2H3,(H2,28,30)(H,29,31);3H;/q;;+1/p-1. The number of nitrogens with one attached hydrogen (secondary N) is 1. The van der Waals surface area contributed by atoms with E-state index < -0.39 is 5.41 Å². The molecule has 0 spiro atoms. The first kappa shape index (κ1) is 30.2. The number of carbonyl (C=O) groups excluding carboxylic acids is 1. The van der Waals surface area contributed by atoms with Crippen LogP contribution in [0.3, 0.4) is 0 Å². The van der Waals surface area contributed by atoms with Crippen molar-refractivity contribution in [3.63, 3.8) is 0 Å². The number of amides is 1. The number of nitrogens with zero attached hydrogens (tertiary/aromatic N) is 4. The van der Waals surface area contributed by atoms with Gasteiger partial charge in [0.15, 0.2) is 5.13 Å². The summed E-state index contributed by atoms with van der Waals surface area (Å²) in [6.45, 7) is 3.61. The molecule has 1 amide bonds. The number of hydrogen-bond acceptors (Lipinski definition) is 9. The minimum Gasteiger partial charge on any atom is -0.696 e. The van der Waals surface area contributed by atoms with Crippen LogP contribution >= 0.6 is 11.3 Å². The van der Waals surface area contributed by atoms with Crippen molar-refractivity contribution in [2.75, 3.05) is 11.1 Å². The normalized spacial score (nSPS) is 9.92. The van der Waals surface area contributed by atoms with Crippen molar-refractivity contribution < 1.29 is 60.9 Å². The number of ether oxygens (including phenoxy) is 1. The molecule has 0 radical (unpaired) electrons. The van der Waals surface area contributed by atoms with Gasteiger partial charge in [-0.05, 0) is 55.8 Å². The number of nitriles is 3. The zero-order chi connectivity index (χ0) is 26.3. The van der Waals surface area contributed by atoms with E-state index in [1.807, 2.05) is 6.07 Å². The van der Waals surface area contributed by atoms with Gasteiger partial charge in [0, 0.05) is 17.3 Å². The number of anilines is 2. The zero-order valence-electron chi connectivity index (χ0n) is 20.3. The Balaban J connectivity index is 0.00000115. The maximum absolute atomic E-state index is 12.8. The maximum Gasteiger partial charge on any atom is 1.00 e. The van der Waals surface area contributed by atoms with E-state index in [2.05, 4.69) is 35.1 Å². The molecule has 3 aromatic carbocycles. The molecule has 11 heteroatoms. The molecule has 178 valence electrons. The Morgan fingerprint density at radius 1 is 1.11 bits per heavy atom. The van der Waals surface area contributed by atoms with Crippen LogP contribution in [-0.4, -0.2) is 10.9 Å². The van der Waals surface area contributed by atoms with Crippen LogP contribution in [0.2, 0.25) is 0 Å². The van der Waals surface area contributed by atoms with Crippen LogP contribution in [0, 0.1) is 33.3 Å². The van der Waals surface area contributed by atoms with Crippen LogP contribution in [0.4, 0.5) is 10.8 Å². The van der Waals surface area contributed by atoms with Gasteiger partial charge in [0.25, 0.3) is 5.91 Å². The molecule has 4 aromatic rings. The minimum atomic E-state index is -0.702. The molecule has 0 saturated heterocycles. The van der Waals surface area contributed by atoms with Gasteiger partial charge in [-0.1, -0.05) is 34.9 Å². The number of hydrogen-bond donors (Lipinski definition) is 2. The van der Waals surface area contributed by atoms with E-state index in [1.165, 1.54) is 16.7 Å².